The minimum atomic E-state index is -4.30. The molecule has 1 heterocycles. The van der Waals surface area contributed by atoms with E-state index in [9.17, 15) is 13.2 Å². The summed E-state index contributed by atoms with van der Waals surface area (Å²) in [6.45, 7) is 0.517. The van der Waals surface area contributed by atoms with Crippen LogP contribution >= 0.6 is 0 Å². The first-order valence-corrected chi connectivity index (χ1v) is 7.24. The Balaban J connectivity index is 1.89. The summed E-state index contributed by atoms with van der Waals surface area (Å²) in [5.74, 6) is 0. The second kappa shape index (κ2) is 6.24. The highest BCUT2D eigenvalue weighted by Crippen LogP contribution is 2.29. The highest BCUT2D eigenvalue weighted by Gasteiger charge is 2.30. The molecular weight excluding hydrogens is 299 g/mol. The Morgan fingerprint density at radius 2 is 1.39 bits per heavy atom. The largest absolute Gasteiger partial charge is 0.416 e. The van der Waals surface area contributed by atoms with Crippen molar-refractivity contribution in [3.63, 3.8) is 0 Å². The maximum atomic E-state index is 12.6. The molecule has 0 aliphatic carbocycles. The Labute approximate surface area is 132 Å². The van der Waals surface area contributed by atoms with E-state index in [1.807, 2.05) is 59.3 Å². The molecule has 0 aliphatic heterocycles. The minimum Gasteiger partial charge on any atom is -0.194 e. The zero-order valence-electron chi connectivity index (χ0n) is 12.3. The molecule has 0 atom stereocenters. The Bertz CT molecular complexity index is 778. The molecule has 2 aromatic carbocycles. The number of alkyl halides is 3. The summed E-state index contributed by atoms with van der Waals surface area (Å²) in [7, 11) is 0. The average molecular weight is 314 g/mol. The first-order chi connectivity index (χ1) is 11.0. The van der Waals surface area contributed by atoms with E-state index in [1.165, 1.54) is 12.1 Å². The first kappa shape index (κ1) is 15.3. The lowest BCUT2D eigenvalue weighted by Crippen LogP contribution is -2.36. The average Bonchev–Trinajstić information content (AvgIpc) is 2.56. The fraction of sp³-hybridized carbons (Fsp3) is 0.105. The molecule has 0 aliphatic rings. The van der Waals surface area contributed by atoms with E-state index >= 15 is 0 Å². The van der Waals surface area contributed by atoms with Gasteiger partial charge in [0.15, 0.2) is 12.7 Å². The van der Waals surface area contributed by atoms with Gasteiger partial charge in [0, 0.05) is 23.3 Å². The van der Waals surface area contributed by atoms with Gasteiger partial charge in [-0.2, -0.15) is 17.7 Å². The molecular formula is C19H15F3N+. The molecule has 0 spiro atoms. The maximum absolute atomic E-state index is 12.6. The second-order valence-electron chi connectivity index (χ2n) is 5.27. The lowest BCUT2D eigenvalue weighted by Gasteiger charge is -2.07. The number of aromatic nitrogens is 1. The van der Waals surface area contributed by atoms with E-state index in [1.54, 1.807) is 0 Å². The predicted molar refractivity (Wildman–Crippen MR) is 82.6 cm³/mol. The van der Waals surface area contributed by atoms with E-state index in [0.717, 1.165) is 29.0 Å². The number of hydrogen-bond acceptors (Lipinski definition) is 0. The number of nitrogens with zero attached hydrogens (tertiary/aromatic N) is 1. The van der Waals surface area contributed by atoms with Gasteiger partial charge >= 0.3 is 6.18 Å². The van der Waals surface area contributed by atoms with Gasteiger partial charge in [0.1, 0.15) is 0 Å². The molecule has 116 valence electrons. The Morgan fingerprint density at radius 1 is 0.739 bits per heavy atom. The third-order valence-corrected chi connectivity index (χ3v) is 3.64. The summed E-state index contributed by atoms with van der Waals surface area (Å²) in [6, 6.07) is 21.1. The van der Waals surface area contributed by atoms with Crippen LogP contribution in [0, 0.1) is 0 Å². The molecule has 0 amide bonds. The van der Waals surface area contributed by atoms with Gasteiger partial charge in [-0.25, -0.2) is 0 Å². The Hall–Kier alpha value is -2.62. The summed E-state index contributed by atoms with van der Waals surface area (Å²) in [5.41, 5.74) is 2.29. The number of halogens is 3. The molecule has 23 heavy (non-hydrogen) atoms. The number of hydrogen-bond donors (Lipinski definition) is 0. The third kappa shape index (κ3) is 3.59. The van der Waals surface area contributed by atoms with E-state index in [0.29, 0.717) is 6.54 Å². The normalized spacial score (nSPS) is 11.4. The summed E-state index contributed by atoms with van der Waals surface area (Å²) < 4.78 is 39.9. The molecule has 0 fully saturated rings. The monoisotopic (exact) mass is 314 g/mol. The molecule has 4 heteroatoms. The Kier molecular flexibility index (Phi) is 4.15. The summed E-state index contributed by atoms with van der Waals surface area (Å²) in [4.78, 5) is 0. The van der Waals surface area contributed by atoms with Crippen molar-refractivity contribution in [1.82, 2.24) is 0 Å². The van der Waals surface area contributed by atoms with Crippen LogP contribution in [0.15, 0.2) is 79.0 Å². The standard InChI is InChI=1S/C19H15F3N/c20-19(21,22)17-11-9-15(10-12-17)14-23-13-5-4-8-18(23)16-6-2-1-3-7-16/h1-13H,14H2/q+1. The zero-order valence-corrected chi connectivity index (χ0v) is 12.3. The van der Waals surface area contributed by atoms with Crippen molar-refractivity contribution in [3.8, 4) is 11.3 Å². The van der Waals surface area contributed by atoms with E-state index in [2.05, 4.69) is 0 Å². The number of rotatable bonds is 3. The second-order valence-corrected chi connectivity index (χ2v) is 5.27. The fourth-order valence-electron chi connectivity index (χ4n) is 2.48. The quantitative estimate of drug-likeness (QED) is 0.617. The van der Waals surface area contributed by atoms with Crippen molar-refractivity contribution < 1.29 is 17.7 Å². The van der Waals surface area contributed by atoms with Gasteiger partial charge in [0.05, 0.1) is 5.56 Å². The van der Waals surface area contributed by atoms with Crippen molar-refractivity contribution >= 4 is 0 Å². The SMILES string of the molecule is FC(F)(F)c1ccc(C[n+]2ccccc2-c2ccccc2)cc1. The van der Waals surface area contributed by atoms with Crippen LogP contribution in [-0.4, -0.2) is 0 Å². The molecule has 0 bridgehead atoms. The van der Waals surface area contributed by atoms with Crippen LogP contribution in [0.1, 0.15) is 11.1 Å². The molecule has 1 nitrogen and oxygen atoms in total. The Morgan fingerprint density at radius 3 is 2.04 bits per heavy atom. The molecule has 0 unspecified atom stereocenters. The fourth-order valence-corrected chi connectivity index (χ4v) is 2.48. The number of benzene rings is 2. The third-order valence-electron chi connectivity index (χ3n) is 3.64. The zero-order chi connectivity index (χ0) is 16.3. The molecule has 0 saturated carbocycles. The maximum Gasteiger partial charge on any atom is 0.416 e. The van der Waals surface area contributed by atoms with Crippen LogP contribution in [0.4, 0.5) is 13.2 Å². The van der Waals surface area contributed by atoms with E-state index in [-0.39, 0.29) is 0 Å². The van der Waals surface area contributed by atoms with Crippen LogP contribution in [-0.2, 0) is 12.7 Å². The van der Waals surface area contributed by atoms with Crippen molar-refractivity contribution in [2.75, 3.05) is 0 Å². The smallest absolute Gasteiger partial charge is 0.194 e. The topological polar surface area (TPSA) is 3.88 Å². The van der Waals surface area contributed by atoms with Crippen LogP contribution in [0.3, 0.4) is 0 Å². The lowest BCUT2D eigenvalue weighted by atomic mass is 10.1. The van der Waals surface area contributed by atoms with Gasteiger partial charge in [0.25, 0.3) is 0 Å². The summed E-state index contributed by atoms with van der Waals surface area (Å²) in [6.07, 6.45) is -2.37. The molecule has 3 rings (SSSR count). The molecule has 3 aromatic rings. The lowest BCUT2D eigenvalue weighted by molar-refractivity contribution is -0.677. The van der Waals surface area contributed by atoms with Crippen LogP contribution in [0.25, 0.3) is 11.3 Å². The highest BCUT2D eigenvalue weighted by atomic mass is 19.4. The van der Waals surface area contributed by atoms with Crippen LogP contribution in [0.2, 0.25) is 0 Å². The van der Waals surface area contributed by atoms with E-state index in [4.69, 9.17) is 0 Å². The van der Waals surface area contributed by atoms with Gasteiger partial charge in [-0.05, 0) is 30.3 Å². The first-order valence-electron chi connectivity index (χ1n) is 7.24. The van der Waals surface area contributed by atoms with Crippen molar-refractivity contribution in [2.45, 2.75) is 12.7 Å². The van der Waals surface area contributed by atoms with Crippen molar-refractivity contribution in [2.24, 2.45) is 0 Å². The van der Waals surface area contributed by atoms with Crippen LogP contribution in [0.5, 0.6) is 0 Å². The van der Waals surface area contributed by atoms with Crippen molar-refractivity contribution in [1.29, 1.82) is 0 Å². The molecule has 0 radical (unpaired) electrons. The van der Waals surface area contributed by atoms with Gasteiger partial charge in [0.2, 0.25) is 5.69 Å². The van der Waals surface area contributed by atoms with Crippen molar-refractivity contribution in [3.05, 3.63) is 90.1 Å². The molecule has 1 aromatic heterocycles. The number of pyridine rings is 1. The van der Waals surface area contributed by atoms with E-state index < -0.39 is 11.7 Å². The van der Waals surface area contributed by atoms with Crippen LogP contribution < -0.4 is 4.57 Å². The van der Waals surface area contributed by atoms with Gasteiger partial charge in [-0.3, -0.25) is 0 Å². The van der Waals surface area contributed by atoms with Gasteiger partial charge < -0.3 is 0 Å². The van der Waals surface area contributed by atoms with Gasteiger partial charge in [-0.1, -0.05) is 30.3 Å². The summed E-state index contributed by atoms with van der Waals surface area (Å²) in [5, 5.41) is 0. The minimum absolute atomic E-state index is 0.517. The highest BCUT2D eigenvalue weighted by molar-refractivity contribution is 5.55. The van der Waals surface area contributed by atoms with Gasteiger partial charge in [-0.15, -0.1) is 0 Å². The summed E-state index contributed by atoms with van der Waals surface area (Å²) >= 11 is 0. The molecule has 0 saturated heterocycles. The predicted octanol–water partition coefficient (Wildman–Crippen LogP) is 4.71. The molecule has 0 N–H and O–H groups in total.